The third-order valence-electron chi connectivity index (χ3n) is 8.50. The van der Waals surface area contributed by atoms with Gasteiger partial charge in [0.05, 0.1) is 11.8 Å². The monoisotopic (exact) mass is 446 g/mol. The van der Waals surface area contributed by atoms with E-state index in [1.165, 1.54) is 12.8 Å². The molecule has 4 heteroatoms. The van der Waals surface area contributed by atoms with Crippen molar-refractivity contribution in [3.63, 3.8) is 0 Å². The van der Waals surface area contributed by atoms with Crippen molar-refractivity contribution in [3.8, 4) is 0 Å². The van der Waals surface area contributed by atoms with Crippen molar-refractivity contribution in [1.82, 2.24) is 0 Å². The molecule has 2 fully saturated rings. The van der Waals surface area contributed by atoms with Crippen molar-refractivity contribution < 1.29 is 19.1 Å². The molecule has 0 aromatic rings. The fraction of sp³-hybridized carbons (Fsp3) is 0.857. The lowest BCUT2D eigenvalue weighted by atomic mass is 9.75. The van der Waals surface area contributed by atoms with E-state index in [1.54, 1.807) is 0 Å². The van der Waals surface area contributed by atoms with Crippen molar-refractivity contribution >= 4 is 11.9 Å². The zero-order valence-electron chi connectivity index (χ0n) is 21.2. The quantitative estimate of drug-likeness (QED) is 0.342. The van der Waals surface area contributed by atoms with Crippen LogP contribution in [0.2, 0.25) is 0 Å². The molecule has 182 valence electrons. The smallest absolute Gasteiger partial charge is 0.310 e. The van der Waals surface area contributed by atoms with E-state index in [-0.39, 0.29) is 24.1 Å². The Hall–Kier alpha value is -1.32. The Morgan fingerprint density at radius 2 is 1.06 bits per heavy atom. The molecule has 0 heterocycles. The number of esters is 2. The molecule has 0 N–H and O–H groups in total. The number of ether oxygens (including phenoxy) is 2. The molecular formula is C28H46O4. The van der Waals surface area contributed by atoms with E-state index in [4.69, 9.17) is 9.47 Å². The Bertz CT molecular complexity index is 610. The molecule has 0 aromatic carbocycles. The van der Waals surface area contributed by atoms with Crippen LogP contribution < -0.4 is 0 Å². The topological polar surface area (TPSA) is 52.6 Å². The number of carbonyl (C=O) groups excluding carboxylic acids is 2. The van der Waals surface area contributed by atoms with Crippen molar-refractivity contribution in [1.29, 1.82) is 0 Å². The van der Waals surface area contributed by atoms with Gasteiger partial charge in [-0.3, -0.25) is 9.59 Å². The summed E-state index contributed by atoms with van der Waals surface area (Å²) in [6.07, 6.45) is 11.6. The van der Waals surface area contributed by atoms with Gasteiger partial charge >= 0.3 is 11.9 Å². The molecule has 4 nitrogen and oxygen atoms in total. The van der Waals surface area contributed by atoms with Gasteiger partial charge in [0.2, 0.25) is 0 Å². The molecule has 3 rings (SSSR count). The summed E-state index contributed by atoms with van der Waals surface area (Å²) in [5, 5.41) is 0. The van der Waals surface area contributed by atoms with E-state index in [2.05, 4.69) is 41.5 Å². The van der Waals surface area contributed by atoms with Crippen molar-refractivity contribution in [2.45, 2.75) is 105 Å². The summed E-state index contributed by atoms with van der Waals surface area (Å²) in [7, 11) is 0. The largest absolute Gasteiger partial charge is 0.462 e. The molecule has 0 radical (unpaired) electrons. The van der Waals surface area contributed by atoms with Gasteiger partial charge in [0.1, 0.15) is 12.2 Å². The summed E-state index contributed by atoms with van der Waals surface area (Å²) >= 11 is 0. The zero-order chi connectivity index (χ0) is 23.4. The predicted octanol–water partition coefficient (Wildman–Crippen LogP) is 6.58. The summed E-state index contributed by atoms with van der Waals surface area (Å²) in [4.78, 5) is 26.6. The van der Waals surface area contributed by atoms with Gasteiger partial charge in [0, 0.05) is 0 Å². The molecule has 3 aliphatic carbocycles. The minimum Gasteiger partial charge on any atom is -0.462 e. The Kier molecular flexibility index (Phi) is 8.86. The van der Waals surface area contributed by atoms with Crippen LogP contribution in [-0.2, 0) is 19.1 Å². The molecule has 8 atom stereocenters. The van der Waals surface area contributed by atoms with E-state index in [0.717, 1.165) is 25.7 Å². The maximum Gasteiger partial charge on any atom is 0.310 e. The first-order chi connectivity index (χ1) is 15.2. The fourth-order valence-electron chi connectivity index (χ4n) is 6.31. The van der Waals surface area contributed by atoms with E-state index in [9.17, 15) is 9.59 Å². The van der Waals surface area contributed by atoms with Crippen LogP contribution in [0, 0.1) is 47.3 Å². The first-order valence-corrected chi connectivity index (χ1v) is 13.2. The van der Waals surface area contributed by atoms with Gasteiger partial charge in [-0.05, 0) is 74.0 Å². The van der Waals surface area contributed by atoms with Gasteiger partial charge in [-0.25, -0.2) is 0 Å². The predicted molar refractivity (Wildman–Crippen MR) is 128 cm³/mol. The third kappa shape index (κ3) is 6.17. The summed E-state index contributed by atoms with van der Waals surface area (Å²) in [5.41, 5.74) is 0. The Morgan fingerprint density at radius 3 is 1.41 bits per heavy atom. The molecule has 0 spiro atoms. The van der Waals surface area contributed by atoms with Crippen LogP contribution in [0.15, 0.2) is 12.2 Å². The Morgan fingerprint density at radius 1 is 0.688 bits per heavy atom. The Labute approximate surface area is 195 Å². The highest BCUT2D eigenvalue weighted by atomic mass is 16.6. The normalized spacial score (nSPS) is 38.0. The lowest BCUT2D eigenvalue weighted by Gasteiger charge is -2.39. The van der Waals surface area contributed by atoms with Gasteiger partial charge in [0.25, 0.3) is 0 Å². The number of hydrogen-bond acceptors (Lipinski definition) is 4. The van der Waals surface area contributed by atoms with E-state index in [0.29, 0.717) is 48.3 Å². The standard InChI is InChI=1S/C28H46O4/c1-17(2)21-13-11-19(5)15-25(21)31-27(29)23-9-7-8-10-24(23)28(30)32-26-16-20(6)12-14-22(26)18(3)4/h7-8,17-26H,9-16H2,1-6H3/t19-,20-,21+,22+,23+,24+,25-,26-/m1/s1. The summed E-state index contributed by atoms with van der Waals surface area (Å²) in [5.74, 6) is 1.74. The highest BCUT2D eigenvalue weighted by Gasteiger charge is 2.42. The van der Waals surface area contributed by atoms with Gasteiger partial charge in [-0.2, -0.15) is 0 Å². The maximum atomic E-state index is 13.3. The minimum atomic E-state index is -0.420. The average Bonchev–Trinajstić information content (AvgIpc) is 2.73. The molecule has 0 amide bonds. The SMILES string of the molecule is CC(C)[C@@H]1CC[C@@H](C)C[C@H]1OC(=O)[C@H]1CC=CC[C@@H]1C(=O)O[C@@H]1C[C@H](C)CC[C@H]1C(C)C. The zero-order valence-corrected chi connectivity index (χ0v) is 21.2. The van der Waals surface area contributed by atoms with E-state index >= 15 is 0 Å². The summed E-state index contributed by atoms with van der Waals surface area (Å²) in [6, 6.07) is 0. The van der Waals surface area contributed by atoms with Crippen LogP contribution in [0.5, 0.6) is 0 Å². The van der Waals surface area contributed by atoms with Crippen LogP contribution in [0.3, 0.4) is 0 Å². The van der Waals surface area contributed by atoms with Crippen LogP contribution >= 0.6 is 0 Å². The number of hydrogen-bond donors (Lipinski definition) is 0. The summed E-state index contributed by atoms with van der Waals surface area (Å²) < 4.78 is 12.3. The molecule has 0 aliphatic heterocycles. The number of allylic oxidation sites excluding steroid dienone is 2. The summed E-state index contributed by atoms with van der Waals surface area (Å²) in [6.45, 7) is 13.4. The average molecular weight is 447 g/mol. The van der Waals surface area contributed by atoms with Crippen LogP contribution in [0.4, 0.5) is 0 Å². The first kappa shape index (κ1) is 25.3. The lowest BCUT2D eigenvalue weighted by Crippen LogP contribution is -2.42. The Balaban J connectivity index is 1.67. The first-order valence-electron chi connectivity index (χ1n) is 13.2. The highest BCUT2D eigenvalue weighted by molar-refractivity contribution is 5.83. The van der Waals surface area contributed by atoms with E-state index < -0.39 is 11.8 Å². The maximum absolute atomic E-state index is 13.3. The fourth-order valence-corrected chi connectivity index (χ4v) is 6.31. The van der Waals surface area contributed by atoms with Gasteiger partial charge in [0.15, 0.2) is 0 Å². The van der Waals surface area contributed by atoms with Crippen molar-refractivity contribution in [3.05, 3.63) is 12.2 Å². The van der Waals surface area contributed by atoms with Crippen LogP contribution in [-0.4, -0.2) is 24.1 Å². The molecule has 2 saturated carbocycles. The minimum absolute atomic E-state index is 0.0293. The lowest BCUT2D eigenvalue weighted by molar-refractivity contribution is -0.174. The van der Waals surface area contributed by atoms with Gasteiger partial charge in [-0.1, -0.05) is 66.5 Å². The van der Waals surface area contributed by atoms with Gasteiger partial charge < -0.3 is 9.47 Å². The van der Waals surface area contributed by atoms with Crippen molar-refractivity contribution in [2.24, 2.45) is 47.3 Å². The molecule has 32 heavy (non-hydrogen) atoms. The van der Waals surface area contributed by atoms with Crippen molar-refractivity contribution in [2.75, 3.05) is 0 Å². The molecule has 3 aliphatic rings. The molecular weight excluding hydrogens is 400 g/mol. The highest BCUT2D eigenvalue weighted by Crippen LogP contribution is 2.39. The van der Waals surface area contributed by atoms with E-state index in [1.807, 2.05) is 12.2 Å². The van der Waals surface area contributed by atoms with Crippen LogP contribution in [0.25, 0.3) is 0 Å². The van der Waals surface area contributed by atoms with Gasteiger partial charge in [-0.15, -0.1) is 0 Å². The molecule has 0 unspecified atom stereocenters. The molecule has 0 bridgehead atoms. The second-order valence-electron chi connectivity index (χ2n) is 11.8. The second kappa shape index (κ2) is 11.2. The number of carbonyl (C=O) groups is 2. The van der Waals surface area contributed by atoms with Crippen LogP contribution in [0.1, 0.15) is 92.9 Å². The number of rotatable bonds is 6. The second-order valence-corrected chi connectivity index (χ2v) is 11.8. The molecule has 0 aromatic heterocycles. The third-order valence-corrected chi connectivity index (χ3v) is 8.50. The molecule has 0 saturated heterocycles.